The Morgan fingerprint density at radius 1 is 1.09 bits per heavy atom. The van der Waals surface area contributed by atoms with Gasteiger partial charge in [-0.15, -0.1) is 0 Å². The van der Waals surface area contributed by atoms with Crippen LogP contribution in [0, 0.1) is 22.7 Å². The van der Waals surface area contributed by atoms with Crippen molar-refractivity contribution in [3.63, 3.8) is 0 Å². The highest BCUT2D eigenvalue weighted by atomic mass is 17.2. The van der Waals surface area contributed by atoms with Gasteiger partial charge in [-0.25, -0.2) is 9.78 Å². The third-order valence-electron chi connectivity index (χ3n) is 9.63. The first-order valence-electron chi connectivity index (χ1n) is 13.8. The van der Waals surface area contributed by atoms with Crippen molar-refractivity contribution in [3.05, 3.63) is 47.0 Å². The van der Waals surface area contributed by atoms with E-state index in [0.29, 0.717) is 17.4 Å². The largest absolute Gasteiger partial charge is 0.461 e. The molecular formula is C31H46O4. The summed E-state index contributed by atoms with van der Waals surface area (Å²) in [5.41, 5.74) is 4.71. The molecule has 1 aromatic rings. The van der Waals surface area contributed by atoms with Crippen LogP contribution >= 0.6 is 0 Å². The molecule has 2 aliphatic carbocycles. The van der Waals surface area contributed by atoms with Gasteiger partial charge in [0.15, 0.2) is 0 Å². The fraction of sp³-hybridized carbons (Fsp3) is 0.710. The van der Waals surface area contributed by atoms with Gasteiger partial charge in [0.25, 0.3) is 0 Å². The first-order valence-corrected chi connectivity index (χ1v) is 13.8. The lowest BCUT2D eigenvalue weighted by Crippen LogP contribution is -2.46. The average Bonchev–Trinajstić information content (AvgIpc) is 2.82. The van der Waals surface area contributed by atoms with E-state index in [1.807, 2.05) is 37.3 Å². The molecule has 0 spiro atoms. The number of rotatable bonds is 7. The fourth-order valence-electron chi connectivity index (χ4n) is 7.31. The van der Waals surface area contributed by atoms with Crippen molar-refractivity contribution in [2.75, 3.05) is 0 Å². The van der Waals surface area contributed by atoms with E-state index < -0.39 is 0 Å². The molecular weight excluding hydrogens is 436 g/mol. The number of fused-ring (bicyclic) bond motifs is 1. The minimum atomic E-state index is -0.351. The van der Waals surface area contributed by atoms with E-state index in [1.165, 1.54) is 32.1 Å². The summed E-state index contributed by atoms with van der Waals surface area (Å²) in [5.74, 6) is 0.189. The van der Waals surface area contributed by atoms with E-state index in [0.717, 1.165) is 37.2 Å². The number of ether oxygens (including phenoxy) is 1. The maximum atomic E-state index is 12.6. The van der Waals surface area contributed by atoms with Crippen molar-refractivity contribution >= 4 is 5.97 Å². The Kier molecular flexibility index (Phi) is 7.83. The van der Waals surface area contributed by atoms with Gasteiger partial charge in [-0.1, -0.05) is 68.7 Å². The zero-order chi connectivity index (χ0) is 25.3. The number of allylic oxidation sites excluding steroid dienone is 2. The maximum absolute atomic E-state index is 12.6. The highest BCUT2D eigenvalue weighted by Crippen LogP contribution is 2.60. The van der Waals surface area contributed by atoms with Gasteiger partial charge in [-0.05, 0) is 94.4 Å². The van der Waals surface area contributed by atoms with Gasteiger partial charge in [-0.3, -0.25) is 4.79 Å². The summed E-state index contributed by atoms with van der Waals surface area (Å²) >= 11 is 0. The predicted molar refractivity (Wildman–Crippen MR) is 139 cm³/mol. The molecule has 5 atom stereocenters. The van der Waals surface area contributed by atoms with Gasteiger partial charge in [0, 0.05) is 0 Å². The normalized spacial score (nSPS) is 33.7. The van der Waals surface area contributed by atoms with Crippen molar-refractivity contribution < 1.29 is 19.3 Å². The van der Waals surface area contributed by atoms with Crippen molar-refractivity contribution in [2.24, 2.45) is 22.7 Å². The van der Waals surface area contributed by atoms with Crippen molar-refractivity contribution in [1.82, 2.24) is 0 Å². The summed E-state index contributed by atoms with van der Waals surface area (Å²) < 4.78 is 5.53. The predicted octanol–water partition coefficient (Wildman–Crippen LogP) is 7.96. The molecule has 0 aromatic heterocycles. The smallest absolute Gasteiger partial charge is 0.311 e. The Balaban J connectivity index is 1.31. The van der Waals surface area contributed by atoms with E-state index in [4.69, 9.17) is 14.5 Å². The topological polar surface area (TPSA) is 44.8 Å². The lowest BCUT2D eigenvalue weighted by atomic mass is 9.50. The van der Waals surface area contributed by atoms with Crippen LogP contribution in [0.25, 0.3) is 0 Å². The summed E-state index contributed by atoms with van der Waals surface area (Å²) in [7, 11) is 0. The zero-order valence-corrected chi connectivity index (χ0v) is 22.8. The van der Waals surface area contributed by atoms with Crippen LogP contribution in [0.1, 0.15) is 105 Å². The molecule has 0 N–H and O–H groups in total. The van der Waals surface area contributed by atoms with Crippen LogP contribution in [0.2, 0.25) is 0 Å². The van der Waals surface area contributed by atoms with Crippen molar-refractivity contribution in [1.29, 1.82) is 0 Å². The van der Waals surface area contributed by atoms with E-state index in [1.54, 1.807) is 11.1 Å². The Labute approximate surface area is 212 Å². The summed E-state index contributed by atoms with van der Waals surface area (Å²) in [6.45, 7) is 14.2. The van der Waals surface area contributed by atoms with Crippen LogP contribution < -0.4 is 0 Å². The number of carbonyl (C=O) groups excluding carboxylic acids is 1. The molecule has 4 nitrogen and oxygen atoms in total. The molecule has 4 heteroatoms. The SMILES string of the molecule is CC1=C(CCC2(C)CCC(C(C)C(=O)OCc3ccccc3)OO2)C2(C)CCCC(C)(C)C2CC1. The molecule has 1 aromatic carbocycles. The van der Waals surface area contributed by atoms with Gasteiger partial charge in [0.2, 0.25) is 0 Å². The Morgan fingerprint density at radius 3 is 2.51 bits per heavy atom. The van der Waals surface area contributed by atoms with Crippen LogP contribution in [0.4, 0.5) is 0 Å². The lowest BCUT2D eigenvalue weighted by molar-refractivity contribution is -0.411. The van der Waals surface area contributed by atoms with E-state index in [2.05, 4.69) is 34.6 Å². The Morgan fingerprint density at radius 2 is 1.83 bits per heavy atom. The van der Waals surface area contributed by atoms with Gasteiger partial charge in [0.05, 0.1) is 5.92 Å². The number of carbonyl (C=O) groups is 1. The molecule has 0 bridgehead atoms. The van der Waals surface area contributed by atoms with Gasteiger partial charge < -0.3 is 4.74 Å². The first-order chi connectivity index (χ1) is 16.5. The molecule has 1 heterocycles. The van der Waals surface area contributed by atoms with E-state index in [9.17, 15) is 4.79 Å². The van der Waals surface area contributed by atoms with Crippen LogP contribution in [-0.2, 0) is 25.9 Å². The van der Waals surface area contributed by atoms with E-state index in [-0.39, 0.29) is 23.6 Å². The molecule has 194 valence electrons. The molecule has 1 saturated heterocycles. The lowest BCUT2D eigenvalue weighted by Gasteiger charge is -2.55. The summed E-state index contributed by atoms with van der Waals surface area (Å²) in [6.07, 6.45) is 10.0. The molecule has 35 heavy (non-hydrogen) atoms. The maximum Gasteiger partial charge on any atom is 0.311 e. The molecule has 1 saturated carbocycles. The number of hydrogen-bond acceptors (Lipinski definition) is 4. The number of benzene rings is 1. The molecule has 3 aliphatic rings. The quantitative estimate of drug-likeness (QED) is 0.225. The molecule has 2 fully saturated rings. The van der Waals surface area contributed by atoms with Crippen molar-refractivity contribution in [3.8, 4) is 0 Å². The van der Waals surface area contributed by atoms with Crippen LogP contribution in [0.5, 0.6) is 0 Å². The minimum absolute atomic E-state index is 0.229. The molecule has 0 amide bonds. The van der Waals surface area contributed by atoms with Crippen LogP contribution in [0.15, 0.2) is 41.5 Å². The second-order valence-electron chi connectivity index (χ2n) is 12.7. The summed E-state index contributed by atoms with van der Waals surface area (Å²) in [5, 5.41) is 0. The molecule has 5 unspecified atom stereocenters. The van der Waals surface area contributed by atoms with Gasteiger partial charge >= 0.3 is 5.97 Å². The number of hydrogen-bond donors (Lipinski definition) is 0. The van der Waals surface area contributed by atoms with Gasteiger partial charge in [0.1, 0.15) is 18.3 Å². The second kappa shape index (κ2) is 10.4. The summed E-state index contributed by atoms with van der Waals surface area (Å²) in [4.78, 5) is 24.5. The average molecular weight is 483 g/mol. The fourth-order valence-corrected chi connectivity index (χ4v) is 7.31. The third kappa shape index (κ3) is 5.69. The highest BCUT2D eigenvalue weighted by molar-refractivity contribution is 5.72. The van der Waals surface area contributed by atoms with E-state index >= 15 is 0 Å². The van der Waals surface area contributed by atoms with Gasteiger partial charge in [-0.2, -0.15) is 0 Å². The monoisotopic (exact) mass is 482 g/mol. The standard InChI is InChI=1S/C31H46O4/c1-22-13-14-27-29(3,4)17-10-18-31(27,6)25(22)15-19-30(5)20-16-26(34-35-30)23(2)28(32)33-21-24-11-8-7-9-12-24/h7-9,11-12,23,26-27H,10,13-21H2,1-6H3. The molecule has 1 aliphatic heterocycles. The first kappa shape index (κ1) is 26.4. The Hall–Kier alpha value is -1.65. The summed E-state index contributed by atoms with van der Waals surface area (Å²) in [6, 6.07) is 9.78. The number of esters is 1. The van der Waals surface area contributed by atoms with Crippen LogP contribution in [-0.4, -0.2) is 17.7 Å². The third-order valence-corrected chi connectivity index (χ3v) is 9.63. The molecule has 4 rings (SSSR count). The minimum Gasteiger partial charge on any atom is -0.461 e. The second-order valence-corrected chi connectivity index (χ2v) is 12.7. The molecule has 0 radical (unpaired) electrons. The van der Waals surface area contributed by atoms with Crippen molar-refractivity contribution in [2.45, 2.75) is 118 Å². The zero-order valence-electron chi connectivity index (χ0n) is 22.8. The van der Waals surface area contributed by atoms with Crippen LogP contribution in [0.3, 0.4) is 0 Å². The Bertz CT molecular complexity index is 909. The highest BCUT2D eigenvalue weighted by Gasteiger charge is 2.50.